The molecule has 5 heteroatoms. The van der Waals surface area contributed by atoms with Crippen LogP contribution >= 0.6 is 0 Å². The first-order valence-electron chi connectivity index (χ1n) is 11.2. The van der Waals surface area contributed by atoms with Crippen molar-refractivity contribution in [1.82, 2.24) is 9.80 Å². The average molecular weight is 421 g/mol. The number of para-hydroxylation sites is 1. The average Bonchev–Trinajstić information content (AvgIpc) is 2.99. The Kier molecular flexibility index (Phi) is 6.03. The fourth-order valence-corrected chi connectivity index (χ4v) is 5.16. The van der Waals surface area contributed by atoms with Gasteiger partial charge in [-0.1, -0.05) is 48.5 Å². The van der Waals surface area contributed by atoms with E-state index in [4.69, 9.17) is 4.74 Å². The van der Waals surface area contributed by atoms with E-state index in [-0.39, 0.29) is 29.9 Å². The number of rotatable bonds is 5. The van der Waals surface area contributed by atoms with Gasteiger partial charge in [0.05, 0.1) is 5.41 Å². The van der Waals surface area contributed by atoms with Gasteiger partial charge in [0.25, 0.3) is 5.91 Å². The van der Waals surface area contributed by atoms with Gasteiger partial charge >= 0.3 is 0 Å². The van der Waals surface area contributed by atoms with E-state index in [0.717, 1.165) is 42.6 Å². The summed E-state index contributed by atoms with van der Waals surface area (Å²) in [6.07, 6.45) is 3.22. The van der Waals surface area contributed by atoms with E-state index < -0.39 is 0 Å². The van der Waals surface area contributed by atoms with Crippen LogP contribution < -0.4 is 4.74 Å². The van der Waals surface area contributed by atoms with E-state index in [1.54, 1.807) is 0 Å². The van der Waals surface area contributed by atoms with Gasteiger partial charge in [0.1, 0.15) is 5.75 Å². The Bertz CT molecular complexity index is 928. The third kappa shape index (κ3) is 4.32. The number of carbonyl (C=O) groups is 2. The van der Waals surface area contributed by atoms with Crippen LogP contribution in [0.3, 0.4) is 0 Å². The predicted molar refractivity (Wildman–Crippen MR) is 121 cm³/mol. The zero-order chi connectivity index (χ0) is 22.0. The molecule has 5 nitrogen and oxygen atoms in total. The Hall–Kier alpha value is -2.82. The summed E-state index contributed by atoms with van der Waals surface area (Å²) in [5, 5.41) is 0. The van der Waals surface area contributed by atoms with Crippen molar-refractivity contribution in [3.63, 3.8) is 0 Å². The summed E-state index contributed by atoms with van der Waals surface area (Å²) in [6.45, 7) is 5.26. The number of hydrogen-bond acceptors (Lipinski definition) is 3. The maximum absolute atomic E-state index is 13.1. The molecule has 0 N–H and O–H groups in total. The summed E-state index contributed by atoms with van der Waals surface area (Å²) >= 11 is 0. The van der Waals surface area contributed by atoms with E-state index in [1.165, 1.54) is 5.56 Å². The van der Waals surface area contributed by atoms with Crippen LogP contribution in [0.5, 0.6) is 5.75 Å². The van der Waals surface area contributed by atoms with E-state index >= 15 is 0 Å². The first kappa shape index (κ1) is 21.4. The van der Waals surface area contributed by atoms with Crippen molar-refractivity contribution in [1.29, 1.82) is 0 Å². The first-order chi connectivity index (χ1) is 14.9. The zero-order valence-corrected chi connectivity index (χ0v) is 18.8. The van der Waals surface area contributed by atoms with Crippen molar-refractivity contribution in [3.8, 4) is 5.75 Å². The fraction of sp³-hybridized carbons (Fsp3) is 0.462. The molecule has 4 rings (SSSR count). The largest absolute Gasteiger partial charge is 0.483 e. The number of likely N-dealkylation sites (N-methyl/N-ethyl adjacent to an activating group) is 1. The summed E-state index contributed by atoms with van der Waals surface area (Å²) in [7, 11) is 1.93. The van der Waals surface area contributed by atoms with Gasteiger partial charge in [0, 0.05) is 26.2 Å². The monoisotopic (exact) mass is 420 g/mol. The molecule has 1 spiro atoms. The molecule has 2 amide bonds. The van der Waals surface area contributed by atoms with Crippen LogP contribution in [-0.4, -0.2) is 54.4 Å². The number of piperidine rings is 1. The van der Waals surface area contributed by atoms with Crippen molar-refractivity contribution in [3.05, 3.63) is 65.2 Å². The molecule has 0 bridgehead atoms. The molecule has 2 fully saturated rings. The summed E-state index contributed by atoms with van der Waals surface area (Å²) in [5.41, 5.74) is 3.02. The number of benzene rings is 2. The lowest BCUT2D eigenvalue weighted by Crippen LogP contribution is -2.47. The molecule has 0 radical (unpaired) electrons. The molecule has 0 aliphatic carbocycles. The van der Waals surface area contributed by atoms with Crippen LogP contribution in [-0.2, 0) is 16.0 Å². The molecule has 2 aliphatic heterocycles. The lowest BCUT2D eigenvalue weighted by molar-refractivity contribution is -0.143. The number of ether oxygens (including phenoxy) is 1. The Labute approximate surface area is 185 Å². The summed E-state index contributed by atoms with van der Waals surface area (Å²) in [4.78, 5) is 29.7. The Morgan fingerprint density at radius 1 is 1.03 bits per heavy atom. The lowest BCUT2D eigenvalue weighted by Gasteiger charge is -2.37. The minimum atomic E-state index is -0.321. The van der Waals surface area contributed by atoms with E-state index in [0.29, 0.717) is 13.1 Å². The minimum Gasteiger partial charge on any atom is -0.483 e. The molecule has 164 valence electrons. The molecule has 2 heterocycles. The van der Waals surface area contributed by atoms with Crippen LogP contribution in [0.1, 0.15) is 36.0 Å². The molecule has 0 aromatic heterocycles. The highest BCUT2D eigenvalue weighted by atomic mass is 16.5. The second-order valence-electron chi connectivity index (χ2n) is 9.13. The van der Waals surface area contributed by atoms with Crippen molar-refractivity contribution >= 4 is 11.8 Å². The van der Waals surface area contributed by atoms with E-state index in [1.807, 2.05) is 67.1 Å². The highest BCUT2D eigenvalue weighted by molar-refractivity contribution is 5.86. The van der Waals surface area contributed by atoms with Crippen LogP contribution in [0.25, 0.3) is 0 Å². The van der Waals surface area contributed by atoms with Crippen molar-refractivity contribution in [2.45, 2.75) is 45.6 Å². The molecule has 2 aromatic carbocycles. The van der Waals surface area contributed by atoms with Crippen LogP contribution in [0, 0.1) is 19.3 Å². The van der Waals surface area contributed by atoms with Crippen LogP contribution in [0.4, 0.5) is 0 Å². The fourth-order valence-electron chi connectivity index (χ4n) is 5.16. The molecule has 31 heavy (non-hydrogen) atoms. The number of amides is 2. The van der Waals surface area contributed by atoms with Gasteiger partial charge in [-0.3, -0.25) is 9.59 Å². The summed E-state index contributed by atoms with van der Waals surface area (Å²) in [6, 6.07) is 16.6. The lowest BCUT2D eigenvalue weighted by atomic mass is 9.75. The molecular weight excluding hydrogens is 388 g/mol. The summed E-state index contributed by atoms with van der Waals surface area (Å²) < 4.78 is 5.85. The van der Waals surface area contributed by atoms with Gasteiger partial charge < -0.3 is 14.5 Å². The smallest absolute Gasteiger partial charge is 0.260 e. The van der Waals surface area contributed by atoms with E-state index in [9.17, 15) is 9.59 Å². The van der Waals surface area contributed by atoms with Crippen LogP contribution in [0.2, 0.25) is 0 Å². The topological polar surface area (TPSA) is 49.9 Å². The third-order valence-electron chi connectivity index (χ3n) is 7.08. The number of aryl methyl sites for hydroxylation is 2. The SMILES string of the molecule is Cc1cccc(C)c1OCC(=O)N1CCC2(CC1)CC(Cc1ccccc1)N(C)C2=O. The van der Waals surface area contributed by atoms with Crippen LogP contribution in [0.15, 0.2) is 48.5 Å². The van der Waals surface area contributed by atoms with E-state index in [2.05, 4.69) is 12.1 Å². The molecule has 2 aliphatic rings. The number of carbonyl (C=O) groups excluding carboxylic acids is 2. The molecule has 1 unspecified atom stereocenters. The van der Waals surface area contributed by atoms with Gasteiger partial charge in [-0.15, -0.1) is 0 Å². The molecular formula is C26H32N2O3. The first-order valence-corrected chi connectivity index (χ1v) is 11.2. The maximum Gasteiger partial charge on any atom is 0.260 e. The Morgan fingerprint density at radius 2 is 1.68 bits per heavy atom. The second kappa shape index (κ2) is 8.74. The molecule has 1 atom stereocenters. The van der Waals surface area contributed by atoms with Gasteiger partial charge in [0.2, 0.25) is 5.91 Å². The Balaban J connectivity index is 1.34. The molecule has 2 aromatic rings. The van der Waals surface area contributed by atoms with Gasteiger partial charge in [-0.2, -0.15) is 0 Å². The minimum absolute atomic E-state index is 0.00265. The van der Waals surface area contributed by atoms with Gasteiger partial charge in [-0.25, -0.2) is 0 Å². The predicted octanol–water partition coefficient (Wildman–Crippen LogP) is 3.76. The Morgan fingerprint density at radius 3 is 2.32 bits per heavy atom. The van der Waals surface area contributed by atoms with Crippen molar-refractivity contribution in [2.75, 3.05) is 26.7 Å². The summed E-state index contributed by atoms with van der Waals surface area (Å²) in [5.74, 6) is 1.03. The molecule has 2 saturated heterocycles. The molecule has 0 saturated carbocycles. The second-order valence-corrected chi connectivity index (χ2v) is 9.13. The number of nitrogens with zero attached hydrogens (tertiary/aromatic N) is 2. The van der Waals surface area contributed by atoms with Crippen molar-refractivity contribution in [2.24, 2.45) is 5.41 Å². The highest BCUT2D eigenvalue weighted by Gasteiger charge is 2.51. The number of hydrogen-bond donors (Lipinski definition) is 0. The standard InChI is InChI=1S/C26H32N2O3/c1-19-8-7-9-20(2)24(19)31-18-23(29)28-14-12-26(13-15-28)17-22(27(3)25(26)30)16-21-10-5-4-6-11-21/h4-11,22H,12-18H2,1-3H3. The quantitative estimate of drug-likeness (QED) is 0.740. The third-order valence-corrected chi connectivity index (χ3v) is 7.08. The van der Waals surface area contributed by atoms with Gasteiger partial charge in [0.15, 0.2) is 6.61 Å². The maximum atomic E-state index is 13.1. The van der Waals surface area contributed by atoms with Crippen molar-refractivity contribution < 1.29 is 14.3 Å². The highest BCUT2D eigenvalue weighted by Crippen LogP contribution is 2.44. The zero-order valence-electron chi connectivity index (χ0n) is 18.8. The number of likely N-dealkylation sites (tertiary alicyclic amines) is 2. The van der Waals surface area contributed by atoms with Gasteiger partial charge in [-0.05, 0) is 56.2 Å². The normalized spacial score (nSPS) is 20.4.